The van der Waals surface area contributed by atoms with Crippen molar-refractivity contribution >= 4 is 12.0 Å². The lowest BCUT2D eigenvalue weighted by atomic mass is 9.69. The van der Waals surface area contributed by atoms with Crippen LogP contribution in [0.1, 0.15) is 111 Å². The van der Waals surface area contributed by atoms with E-state index in [0.29, 0.717) is 5.92 Å². The Labute approximate surface area is 191 Å². The Kier molecular flexibility index (Phi) is 11.0. The van der Waals surface area contributed by atoms with E-state index in [4.69, 9.17) is 4.74 Å². The fraction of sp³-hybridized carbons (Fsp3) is 0.679. The molecular weight excluding hydrogens is 384 g/mol. The number of hydrogen-bond donors (Lipinski definition) is 1. The van der Waals surface area contributed by atoms with Crippen LogP contribution >= 0.6 is 0 Å². The first-order valence-corrected chi connectivity index (χ1v) is 12.1. The Morgan fingerprint density at radius 2 is 1.58 bits per heavy atom. The van der Waals surface area contributed by atoms with E-state index >= 15 is 0 Å². The number of unbranched alkanes of at least 4 members (excludes halogenated alkanes) is 5. The maximum absolute atomic E-state index is 11.9. The van der Waals surface area contributed by atoms with Crippen LogP contribution in [0.15, 0.2) is 30.8 Å². The van der Waals surface area contributed by atoms with E-state index in [1.54, 1.807) is 13.0 Å². The quantitative estimate of drug-likeness (QED) is 0.302. The van der Waals surface area contributed by atoms with E-state index < -0.39 is 23.6 Å². The van der Waals surface area contributed by atoms with Gasteiger partial charge in [0.25, 0.3) is 0 Å². The van der Waals surface area contributed by atoms with Crippen LogP contribution in [0, 0.1) is 17.3 Å². The number of benzene rings is 1. The number of carboxylic acid groups (broad SMARTS) is 1. The Morgan fingerprint density at radius 3 is 2.06 bits per heavy atom. The van der Waals surface area contributed by atoms with Crippen LogP contribution in [0.4, 0.5) is 0 Å². The monoisotopic (exact) mass is 430 g/mol. The van der Waals surface area contributed by atoms with Gasteiger partial charge in [0.15, 0.2) is 0 Å². The van der Waals surface area contributed by atoms with Crippen molar-refractivity contribution in [3.63, 3.8) is 0 Å². The predicted octanol–water partition coefficient (Wildman–Crippen LogP) is 8.30. The molecule has 0 fully saturated rings. The fourth-order valence-corrected chi connectivity index (χ4v) is 4.77. The average Bonchev–Trinajstić information content (AvgIpc) is 2.69. The summed E-state index contributed by atoms with van der Waals surface area (Å²) < 4.78 is 6.70. The van der Waals surface area contributed by atoms with E-state index in [2.05, 4.69) is 48.1 Å². The lowest BCUT2D eigenvalue weighted by Gasteiger charge is -2.45. The Balaban J connectivity index is 3.05. The van der Waals surface area contributed by atoms with Gasteiger partial charge in [0.1, 0.15) is 0 Å². The molecule has 0 aliphatic rings. The summed E-state index contributed by atoms with van der Waals surface area (Å²) >= 11 is 0. The molecule has 1 unspecified atom stereocenters. The molecule has 0 spiro atoms. The summed E-state index contributed by atoms with van der Waals surface area (Å²) in [5.41, 5.74) is 1.53. The first-order valence-electron chi connectivity index (χ1n) is 12.1. The van der Waals surface area contributed by atoms with Crippen molar-refractivity contribution in [1.29, 1.82) is 0 Å². The average molecular weight is 431 g/mol. The first kappa shape index (κ1) is 27.4. The number of carboxylic acids is 1. The molecule has 1 aromatic rings. The van der Waals surface area contributed by atoms with E-state index in [1.165, 1.54) is 38.5 Å². The van der Waals surface area contributed by atoms with Gasteiger partial charge in [0, 0.05) is 0 Å². The SMILES string of the molecule is C=Cc1ccc([C@@H](OC(C)(C)C(CCCCCCCC)C(C)(C)C)[C@@H](C)C(=O)O)cc1. The Hall–Kier alpha value is -1.61. The highest BCUT2D eigenvalue weighted by molar-refractivity contribution is 5.70. The van der Waals surface area contributed by atoms with Crippen LogP contribution in [0.5, 0.6) is 0 Å². The second kappa shape index (κ2) is 12.4. The number of hydrogen-bond acceptors (Lipinski definition) is 2. The molecule has 31 heavy (non-hydrogen) atoms. The number of rotatable bonds is 14. The molecule has 0 amide bonds. The molecule has 0 bridgehead atoms. The van der Waals surface area contributed by atoms with Crippen LogP contribution in [0.3, 0.4) is 0 Å². The Bertz CT molecular complexity index is 666. The summed E-state index contributed by atoms with van der Waals surface area (Å²) in [6.45, 7) is 18.9. The molecule has 0 heterocycles. The van der Waals surface area contributed by atoms with Crippen molar-refractivity contribution in [2.75, 3.05) is 0 Å². The minimum absolute atomic E-state index is 0.0661. The lowest BCUT2D eigenvalue weighted by Crippen LogP contribution is -2.44. The normalized spacial score (nSPS) is 15.3. The summed E-state index contributed by atoms with van der Waals surface area (Å²) in [5, 5.41) is 9.76. The van der Waals surface area contributed by atoms with Gasteiger partial charge >= 0.3 is 5.97 Å². The number of carbonyl (C=O) groups is 1. The zero-order chi connectivity index (χ0) is 23.7. The van der Waals surface area contributed by atoms with Gasteiger partial charge in [-0.25, -0.2) is 0 Å². The van der Waals surface area contributed by atoms with Gasteiger partial charge in [-0.1, -0.05) is 103 Å². The highest BCUT2D eigenvalue weighted by Gasteiger charge is 2.41. The second-order valence-corrected chi connectivity index (χ2v) is 10.6. The highest BCUT2D eigenvalue weighted by Crippen LogP contribution is 2.44. The summed E-state index contributed by atoms with van der Waals surface area (Å²) in [6.07, 6.45) is 10.0. The minimum atomic E-state index is -0.836. The summed E-state index contributed by atoms with van der Waals surface area (Å²) in [7, 11) is 0. The third-order valence-electron chi connectivity index (χ3n) is 6.51. The van der Waals surface area contributed by atoms with E-state index in [0.717, 1.165) is 17.5 Å². The number of aliphatic carboxylic acids is 1. The maximum Gasteiger partial charge on any atom is 0.309 e. The van der Waals surface area contributed by atoms with Gasteiger partial charge in [-0.2, -0.15) is 0 Å². The lowest BCUT2D eigenvalue weighted by molar-refractivity contribution is -0.168. The molecule has 0 aliphatic heterocycles. The summed E-state index contributed by atoms with van der Waals surface area (Å²) in [5.74, 6) is -1.15. The molecule has 1 aromatic carbocycles. The fourth-order valence-electron chi connectivity index (χ4n) is 4.77. The smallest absolute Gasteiger partial charge is 0.309 e. The molecule has 3 atom stereocenters. The molecule has 0 saturated carbocycles. The van der Waals surface area contributed by atoms with Crippen LogP contribution in [-0.2, 0) is 9.53 Å². The molecule has 176 valence electrons. The molecule has 3 nitrogen and oxygen atoms in total. The predicted molar refractivity (Wildman–Crippen MR) is 132 cm³/mol. The Morgan fingerprint density at radius 1 is 1.03 bits per heavy atom. The largest absolute Gasteiger partial charge is 0.481 e. The molecule has 0 saturated heterocycles. The van der Waals surface area contributed by atoms with Crippen LogP contribution in [0.2, 0.25) is 0 Å². The van der Waals surface area contributed by atoms with Crippen molar-refractivity contribution in [2.24, 2.45) is 17.3 Å². The first-order chi connectivity index (χ1) is 14.4. The molecule has 0 aromatic heterocycles. The molecule has 1 N–H and O–H groups in total. The minimum Gasteiger partial charge on any atom is -0.481 e. The van der Waals surface area contributed by atoms with Crippen molar-refractivity contribution < 1.29 is 14.6 Å². The third kappa shape index (κ3) is 8.80. The molecule has 3 heteroatoms. The van der Waals surface area contributed by atoms with Gasteiger partial charge in [-0.05, 0) is 49.7 Å². The van der Waals surface area contributed by atoms with Crippen molar-refractivity contribution in [2.45, 2.75) is 105 Å². The van der Waals surface area contributed by atoms with Crippen LogP contribution < -0.4 is 0 Å². The highest BCUT2D eigenvalue weighted by atomic mass is 16.5. The zero-order valence-electron chi connectivity index (χ0n) is 21.0. The van der Waals surface area contributed by atoms with Crippen molar-refractivity contribution in [1.82, 2.24) is 0 Å². The van der Waals surface area contributed by atoms with E-state index in [-0.39, 0.29) is 5.41 Å². The van der Waals surface area contributed by atoms with Crippen molar-refractivity contribution in [3.05, 3.63) is 42.0 Å². The summed E-state index contributed by atoms with van der Waals surface area (Å²) in [4.78, 5) is 11.9. The van der Waals surface area contributed by atoms with Crippen LogP contribution in [0.25, 0.3) is 6.08 Å². The zero-order valence-corrected chi connectivity index (χ0v) is 21.0. The second-order valence-electron chi connectivity index (χ2n) is 10.6. The van der Waals surface area contributed by atoms with Gasteiger partial charge < -0.3 is 9.84 Å². The molecule has 1 rings (SSSR count). The van der Waals surface area contributed by atoms with Gasteiger partial charge in [0.2, 0.25) is 0 Å². The van der Waals surface area contributed by atoms with E-state index in [9.17, 15) is 9.90 Å². The van der Waals surface area contributed by atoms with E-state index in [1.807, 2.05) is 24.3 Å². The third-order valence-corrected chi connectivity index (χ3v) is 6.51. The standard InChI is InChI=1S/C28H46O3/c1-9-11-12-13-14-15-16-24(27(4,5)6)28(7,8)31-25(21(3)26(29)30)23-19-17-22(10-2)18-20-23/h10,17-21,24-25H,2,9,11-16H2,1,3-8H3,(H,29,30)/t21-,24?,25+/m1/s1. The molecule has 0 aliphatic carbocycles. The summed E-state index contributed by atoms with van der Waals surface area (Å²) in [6, 6.07) is 7.88. The van der Waals surface area contributed by atoms with Gasteiger partial charge in [0.05, 0.1) is 17.6 Å². The van der Waals surface area contributed by atoms with Crippen LogP contribution in [-0.4, -0.2) is 16.7 Å². The van der Waals surface area contributed by atoms with Gasteiger partial charge in [-0.15, -0.1) is 0 Å². The topological polar surface area (TPSA) is 46.5 Å². The maximum atomic E-state index is 11.9. The van der Waals surface area contributed by atoms with Crippen molar-refractivity contribution in [3.8, 4) is 0 Å². The number of ether oxygens (including phenoxy) is 1. The molecular formula is C28H46O3. The van der Waals surface area contributed by atoms with Gasteiger partial charge in [-0.3, -0.25) is 4.79 Å². The molecule has 0 radical (unpaired) electrons.